The molecular weight excluding hydrogens is 274 g/mol. The number of hydrogen-bond acceptors (Lipinski definition) is 3. The molecule has 2 aromatic rings. The third kappa shape index (κ3) is 2.69. The molecule has 4 heteroatoms. The van der Waals surface area contributed by atoms with Gasteiger partial charge < -0.3 is 9.84 Å². The third-order valence-electron chi connectivity index (χ3n) is 3.21. The molecule has 0 aliphatic carbocycles. The van der Waals surface area contributed by atoms with Crippen LogP contribution in [0.5, 0.6) is 0 Å². The van der Waals surface area contributed by atoms with Crippen LogP contribution in [0.1, 0.15) is 17.2 Å². The zero-order chi connectivity index (χ0) is 13.9. The smallest absolute Gasteiger partial charge is 0.216 e. The standard InChI is InChI=1S/C16H14ClNO2/c17-13-8-4-7-12(9-13)16-18-10-14(19)15(20-16)11-5-2-1-3-6-11/h1-9,14-15,19H,10H2. The Morgan fingerprint density at radius 2 is 1.90 bits per heavy atom. The van der Waals surface area contributed by atoms with Crippen molar-refractivity contribution in [3.8, 4) is 0 Å². The summed E-state index contributed by atoms with van der Waals surface area (Å²) < 4.78 is 5.87. The number of benzene rings is 2. The van der Waals surface area contributed by atoms with Crippen LogP contribution in [0.4, 0.5) is 0 Å². The van der Waals surface area contributed by atoms with E-state index in [0.717, 1.165) is 11.1 Å². The van der Waals surface area contributed by atoms with Gasteiger partial charge in [0.15, 0.2) is 6.10 Å². The predicted molar refractivity (Wildman–Crippen MR) is 79.1 cm³/mol. The molecule has 3 rings (SSSR count). The minimum Gasteiger partial charge on any atom is -0.466 e. The van der Waals surface area contributed by atoms with Crippen LogP contribution in [0.25, 0.3) is 0 Å². The number of aliphatic hydroxyl groups excluding tert-OH is 1. The summed E-state index contributed by atoms with van der Waals surface area (Å²) in [4.78, 5) is 4.28. The minimum atomic E-state index is -0.639. The van der Waals surface area contributed by atoms with Crippen LogP contribution in [-0.4, -0.2) is 23.7 Å². The van der Waals surface area contributed by atoms with E-state index in [2.05, 4.69) is 4.99 Å². The molecule has 0 amide bonds. The van der Waals surface area contributed by atoms with Gasteiger partial charge in [-0.25, -0.2) is 4.99 Å². The van der Waals surface area contributed by atoms with Gasteiger partial charge in [0.25, 0.3) is 0 Å². The van der Waals surface area contributed by atoms with Crippen molar-refractivity contribution in [1.29, 1.82) is 0 Å². The van der Waals surface area contributed by atoms with Crippen molar-refractivity contribution in [1.82, 2.24) is 0 Å². The molecule has 1 aliphatic heterocycles. The van der Waals surface area contributed by atoms with Gasteiger partial charge in [-0.1, -0.05) is 48.0 Å². The van der Waals surface area contributed by atoms with Crippen LogP contribution in [0, 0.1) is 0 Å². The molecule has 0 bridgehead atoms. The number of aliphatic imine (C=N–C) groups is 1. The fourth-order valence-electron chi connectivity index (χ4n) is 2.22. The second-order valence-corrected chi connectivity index (χ2v) is 5.11. The maximum Gasteiger partial charge on any atom is 0.216 e. The molecule has 0 saturated heterocycles. The predicted octanol–water partition coefficient (Wildman–Crippen LogP) is 3.22. The largest absolute Gasteiger partial charge is 0.466 e. The molecule has 102 valence electrons. The van der Waals surface area contributed by atoms with Gasteiger partial charge in [-0.05, 0) is 23.8 Å². The second-order valence-electron chi connectivity index (χ2n) is 4.67. The zero-order valence-electron chi connectivity index (χ0n) is 10.7. The molecule has 0 saturated carbocycles. The molecule has 0 radical (unpaired) electrons. The van der Waals surface area contributed by atoms with E-state index < -0.39 is 12.2 Å². The highest BCUT2D eigenvalue weighted by molar-refractivity contribution is 6.30. The summed E-state index contributed by atoms with van der Waals surface area (Å²) in [5.41, 5.74) is 1.76. The monoisotopic (exact) mass is 287 g/mol. The Morgan fingerprint density at radius 1 is 1.10 bits per heavy atom. The molecule has 3 nitrogen and oxygen atoms in total. The zero-order valence-corrected chi connectivity index (χ0v) is 11.5. The van der Waals surface area contributed by atoms with Gasteiger partial charge in [0.2, 0.25) is 5.90 Å². The number of halogens is 1. The Labute approximate surface area is 122 Å². The van der Waals surface area contributed by atoms with Gasteiger partial charge in [-0.3, -0.25) is 0 Å². The molecule has 0 spiro atoms. The first-order valence-corrected chi connectivity index (χ1v) is 6.82. The van der Waals surface area contributed by atoms with Crippen LogP contribution < -0.4 is 0 Å². The molecule has 1 aliphatic rings. The molecule has 0 aromatic heterocycles. The van der Waals surface area contributed by atoms with Crippen molar-refractivity contribution in [3.63, 3.8) is 0 Å². The number of nitrogens with zero attached hydrogens (tertiary/aromatic N) is 1. The van der Waals surface area contributed by atoms with E-state index in [0.29, 0.717) is 17.5 Å². The molecule has 0 fully saturated rings. The number of ether oxygens (including phenoxy) is 1. The van der Waals surface area contributed by atoms with Crippen molar-refractivity contribution in [3.05, 3.63) is 70.7 Å². The summed E-state index contributed by atoms with van der Waals surface area (Å²) in [6, 6.07) is 17.0. The van der Waals surface area contributed by atoms with Gasteiger partial charge in [-0.2, -0.15) is 0 Å². The van der Waals surface area contributed by atoms with E-state index in [9.17, 15) is 5.11 Å². The van der Waals surface area contributed by atoms with Crippen molar-refractivity contribution in [2.24, 2.45) is 4.99 Å². The van der Waals surface area contributed by atoms with Gasteiger partial charge in [0.05, 0.1) is 6.54 Å². The van der Waals surface area contributed by atoms with Crippen LogP contribution in [0.15, 0.2) is 59.6 Å². The van der Waals surface area contributed by atoms with Crippen molar-refractivity contribution in [2.75, 3.05) is 6.54 Å². The third-order valence-corrected chi connectivity index (χ3v) is 3.44. The summed E-state index contributed by atoms with van der Waals surface area (Å²) in [7, 11) is 0. The summed E-state index contributed by atoms with van der Waals surface area (Å²) in [5.74, 6) is 0.520. The highest BCUT2D eigenvalue weighted by atomic mass is 35.5. The van der Waals surface area contributed by atoms with Crippen molar-refractivity contribution in [2.45, 2.75) is 12.2 Å². The Bertz CT molecular complexity index is 627. The SMILES string of the molecule is OC1CN=C(c2cccc(Cl)c2)OC1c1ccccc1. The lowest BCUT2D eigenvalue weighted by Gasteiger charge is -2.28. The lowest BCUT2D eigenvalue weighted by Crippen LogP contribution is -2.31. The number of rotatable bonds is 2. The van der Waals surface area contributed by atoms with Crippen LogP contribution in [0.3, 0.4) is 0 Å². The Morgan fingerprint density at radius 3 is 2.65 bits per heavy atom. The average Bonchev–Trinajstić information content (AvgIpc) is 2.48. The number of hydrogen-bond donors (Lipinski definition) is 1. The van der Waals surface area contributed by atoms with Gasteiger partial charge in [0.1, 0.15) is 6.10 Å². The average molecular weight is 288 g/mol. The van der Waals surface area contributed by atoms with Gasteiger partial charge >= 0.3 is 0 Å². The molecule has 2 aromatic carbocycles. The molecule has 1 N–H and O–H groups in total. The maximum atomic E-state index is 10.1. The number of aliphatic hydroxyl groups is 1. The van der Waals surface area contributed by atoms with E-state index in [1.165, 1.54) is 0 Å². The fraction of sp³-hybridized carbons (Fsp3) is 0.188. The maximum absolute atomic E-state index is 10.1. The summed E-state index contributed by atoms with van der Waals surface area (Å²) >= 11 is 5.99. The second kappa shape index (κ2) is 5.65. The molecular formula is C16H14ClNO2. The molecule has 2 unspecified atom stereocenters. The molecule has 1 heterocycles. The fourth-order valence-corrected chi connectivity index (χ4v) is 2.41. The van der Waals surface area contributed by atoms with E-state index in [1.54, 1.807) is 12.1 Å². The van der Waals surface area contributed by atoms with Gasteiger partial charge in [0, 0.05) is 10.6 Å². The lowest BCUT2D eigenvalue weighted by atomic mass is 10.0. The lowest BCUT2D eigenvalue weighted by molar-refractivity contribution is 0.0217. The first-order valence-electron chi connectivity index (χ1n) is 6.44. The van der Waals surface area contributed by atoms with E-state index in [1.807, 2.05) is 42.5 Å². The van der Waals surface area contributed by atoms with Gasteiger partial charge in [-0.15, -0.1) is 0 Å². The normalized spacial score (nSPS) is 22.0. The van der Waals surface area contributed by atoms with E-state index in [4.69, 9.17) is 16.3 Å². The van der Waals surface area contributed by atoms with Crippen molar-refractivity contribution < 1.29 is 9.84 Å². The highest BCUT2D eigenvalue weighted by Gasteiger charge is 2.28. The van der Waals surface area contributed by atoms with E-state index >= 15 is 0 Å². The highest BCUT2D eigenvalue weighted by Crippen LogP contribution is 2.27. The summed E-state index contributed by atoms with van der Waals surface area (Å²) in [6.07, 6.45) is -1.04. The Balaban J connectivity index is 1.89. The summed E-state index contributed by atoms with van der Waals surface area (Å²) in [6.45, 7) is 0.321. The van der Waals surface area contributed by atoms with E-state index in [-0.39, 0.29) is 0 Å². The van der Waals surface area contributed by atoms with Crippen LogP contribution in [-0.2, 0) is 4.74 Å². The van der Waals surface area contributed by atoms with Crippen LogP contribution in [0.2, 0.25) is 5.02 Å². The van der Waals surface area contributed by atoms with Crippen LogP contribution >= 0.6 is 11.6 Å². The quantitative estimate of drug-likeness (QED) is 0.921. The first kappa shape index (κ1) is 13.2. The minimum absolute atomic E-state index is 0.321. The first-order chi connectivity index (χ1) is 9.74. The molecule has 20 heavy (non-hydrogen) atoms. The summed E-state index contributed by atoms with van der Waals surface area (Å²) in [5, 5.41) is 10.7. The van der Waals surface area contributed by atoms with Crippen molar-refractivity contribution >= 4 is 17.5 Å². The topological polar surface area (TPSA) is 41.8 Å². The Kier molecular flexibility index (Phi) is 3.72. The Hall–Kier alpha value is -1.84. The molecule has 2 atom stereocenters.